The first-order chi connectivity index (χ1) is 14.5. The Morgan fingerprint density at radius 2 is 1.70 bits per heavy atom. The van der Waals surface area contributed by atoms with Crippen molar-refractivity contribution in [2.45, 2.75) is 13.8 Å². The van der Waals surface area contributed by atoms with Gasteiger partial charge in [-0.15, -0.1) is 11.6 Å². The predicted octanol–water partition coefficient (Wildman–Crippen LogP) is 4.20. The molecule has 0 aliphatic heterocycles. The highest BCUT2D eigenvalue weighted by molar-refractivity contribution is 6.27. The van der Waals surface area contributed by atoms with Crippen molar-refractivity contribution in [1.82, 2.24) is 14.7 Å². The maximum absolute atomic E-state index is 12.8. The van der Waals surface area contributed by atoms with Crippen LogP contribution < -0.4 is 5.32 Å². The molecule has 0 spiro atoms. The number of nitrogens with zero attached hydrogens (tertiary/aromatic N) is 3. The highest BCUT2D eigenvalue weighted by Gasteiger charge is 2.19. The van der Waals surface area contributed by atoms with Crippen molar-refractivity contribution >= 4 is 29.2 Å². The van der Waals surface area contributed by atoms with Crippen molar-refractivity contribution in [3.63, 3.8) is 0 Å². The van der Waals surface area contributed by atoms with Crippen molar-refractivity contribution in [3.05, 3.63) is 66.7 Å². The maximum Gasteiger partial charge on any atom is 0.245 e. The van der Waals surface area contributed by atoms with Gasteiger partial charge in [0.15, 0.2) is 0 Å². The summed E-state index contributed by atoms with van der Waals surface area (Å²) in [6.07, 6.45) is 0. The molecule has 0 unspecified atom stereocenters. The van der Waals surface area contributed by atoms with E-state index in [0.29, 0.717) is 12.4 Å². The van der Waals surface area contributed by atoms with E-state index in [2.05, 4.69) is 10.4 Å². The third kappa shape index (κ3) is 5.48. The third-order valence-electron chi connectivity index (χ3n) is 4.43. The molecule has 0 bridgehead atoms. The summed E-state index contributed by atoms with van der Waals surface area (Å²) in [6, 6.07) is 21.2. The monoisotopic (exact) mass is 424 g/mol. The molecule has 0 aliphatic rings. The molecular formula is C23H25ClN4O2. The van der Waals surface area contributed by atoms with Crippen LogP contribution in [0.25, 0.3) is 16.9 Å². The highest BCUT2D eigenvalue weighted by Crippen LogP contribution is 2.24. The third-order valence-corrected chi connectivity index (χ3v) is 4.66. The van der Waals surface area contributed by atoms with Gasteiger partial charge in [-0.2, -0.15) is 5.10 Å². The zero-order valence-electron chi connectivity index (χ0n) is 17.1. The van der Waals surface area contributed by atoms with Gasteiger partial charge in [0.25, 0.3) is 0 Å². The quantitative estimate of drug-likeness (QED) is 0.551. The van der Waals surface area contributed by atoms with Crippen LogP contribution in [0, 0.1) is 5.92 Å². The fourth-order valence-corrected chi connectivity index (χ4v) is 3.29. The van der Waals surface area contributed by atoms with Crippen LogP contribution in [0.2, 0.25) is 0 Å². The molecule has 0 saturated heterocycles. The molecule has 1 heterocycles. The smallest absolute Gasteiger partial charge is 0.245 e. The Morgan fingerprint density at radius 1 is 1.07 bits per heavy atom. The van der Waals surface area contributed by atoms with Gasteiger partial charge in [0.05, 0.1) is 17.9 Å². The van der Waals surface area contributed by atoms with Crippen molar-refractivity contribution in [2.75, 3.05) is 24.3 Å². The zero-order chi connectivity index (χ0) is 21.5. The van der Waals surface area contributed by atoms with Gasteiger partial charge in [0.1, 0.15) is 11.7 Å². The van der Waals surface area contributed by atoms with Crippen LogP contribution in [0.4, 0.5) is 5.82 Å². The van der Waals surface area contributed by atoms with Gasteiger partial charge in [-0.25, -0.2) is 4.68 Å². The van der Waals surface area contributed by atoms with Crippen LogP contribution >= 0.6 is 11.6 Å². The maximum atomic E-state index is 12.8. The largest absolute Gasteiger partial charge is 0.332 e. The Labute approximate surface area is 181 Å². The van der Waals surface area contributed by atoms with Crippen molar-refractivity contribution in [3.8, 4) is 16.9 Å². The molecule has 2 amide bonds. The van der Waals surface area contributed by atoms with E-state index in [9.17, 15) is 9.59 Å². The molecule has 0 radical (unpaired) electrons. The molecule has 2 aromatic carbocycles. The normalized spacial score (nSPS) is 10.8. The van der Waals surface area contributed by atoms with Gasteiger partial charge in [-0.3, -0.25) is 9.59 Å². The van der Waals surface area contributed by atoms with Gasteiger partial charge in [-0.05, 0) is 18.1 Å². The van der Waals surface area contributed by atoms with Gasteiger partial charge in [-0.1, -0.05) is 62.4 Å². The molecule has 0 aliphatic carbocycles. The first-order valence-corrected chi connectivity index (χ1v) is 10.4. The molecule has 3 rings (SSSR count). The second-order valence-corrected chi connectivity index (χ2v) is 7.65. The number of hydrogen-bond acceptors (Lipinski definition) is 3. The summed E-state index contributed by atoms with van der Waals surface area (Å²) < 4.78 is 1.69. The topological polar surface area (TPSA) is 67.2 Å². The number of benzene rings is 2. The molecule has 7 heteroatoms. The Kier molecular flexibility index (Phi) is 7.25. The number of hydrogen-bond donors (Lipinski definition) is 1. The number of rotatable bonds is 8. The van der Waals surface area contributed by atoms with Gasteiger partial charge >= 0.3 is 0 Å². The lowest BCUT2D eigenvalue weighted by atomic mass is 10.1. The molecule has 6 nitrogen and oxygen atoms in total. The number of nitrogens with one attached hydrogen (secondary N) is 1. The van der Waals surface area contributed by atoms with E-state index in [0.717, 1.165) is 16.9 Å². The van der Waals surface area contributed by atoms with Gasteiger partial charge in [0.2, 0.25) is 11.8 Å². The average molecular weight is 425 g/mol. The van der Waals surface area contributed by atoms with Crippen LogP contribution in [0.15, 0.2) is 66.7 Å². The zero-order valence-corrected chi connectivity index (χ0v) is 17.8. The first kappa shape index (κ1) is 21.6. The van der Waals surface area contributed by atoms with Crippen LogP contribution in [0.1, 0.15) is 13.8 Å². The molecular weight excluding hydrogens is 400 g/mol. The molecule has 3 aromatic rings. The Bertz CT molecular complexity index is 987. The number of aromatic nitrogens is 2. The number of anilines is 1. The summed E-state index contributed by atoms with van der Waals surface area (Å²) >= 11 is 5.71. The molecule has 30 heavy (non-hydrogen) atoms. The van der Waals surface area contributed by atoms with E-state index < -0.39 is 0 Å². The van der Waals surface area contributed by atoms with E-state index in [1.165, 1.54) is 4.90 Å². The second-order valence-electron chi connectivity index (χ2n) is 7.38. The summed E-state index contributed by atoms with van der Waals surface area (Å²) in [5.41, 5.74) is 2.51. The summed E-state index contributed by atoms with van der Waals surface area (Å²) in [4.78, 5) is 26.4. The van der Waals surface area contributed by atoms with Crippen LogP contribution in [-0.2, 0) is 9.59 Å². The molecule has 1 aromatic heterocycles. The second kappa shape index (κ2) is 10.1. The summed E-state index contributed by atoms with van der Waals surface area (Å²) in [5.74, 6) is 0.0466. The Hall–Kier alpha value is -3.12. The van der Waals surface area contributed by atoms with Crippen LogP contribution in [0.5, 0.6) is 0 Å². The summed E-state index contributed by atoms with van der Waals surface area (Å²) in [5, 5.41) is 7.59. The molecule has 1 N–H and O–H groups in total. The fraction of sp³-hybridized carbons (Fsp3) is 0.261. The number of carbonyl (C=O) groups is 2. The lowest BCUT2D eigenvalue weighted by molar-refractivity contribution is -0.133. The van der Waals surface area contributed by atoms with Crippen LogP contribution in [-0.4, -0.2) is 45.5 Å². The number of para-hydroxylation sites is 1. The first-order valence-electron chi connectivity index (χ1n) is 9.82. The number of halogens is 1. The Morgan fingerprint density at radius 3 is 2.30 bits per heavy atom. The average Bonchev–Trinajstić information content (AvgIpc) is 3.17. The lowest BCUT2D eigenvalue weighted by Crippen LogP contribution is -2.41. The molecule has 156 valence electrons. The minimum Gasteiger partial charge on any atom is -0.332 e. The summed E-state index contributed by atoms with van der Waals surface area (Å²) in [6.45, 7) is 4.38. The van der Waals surface area contributed by atoms with E-state index in [4.69, 9.17) is 11.6 Å². The van der Waals surface area contributed by atoms with Gasteiger partial charge < -0.3 is 10.2 Å². The number of amides is 2. The van der Waals surface area contributed by atoms with E-state index >= 15 is 0 Å². The highest BCUT2D eigenvalue weighted by atomic mass is 35.5. The Balaban J connectivity index is 1.87. The minimum atomic E-state index is -0.300. The van der Waals surface area contributed by atoms with E-state index in [1.807, 2.05) is 80.6 Å². The van der Waals surface area contributed by atoms with E-state index in [-0.39, 0.29) is 30.2 Å². The van der Waals surface area contributed by atoms with Crippen molar-refractivity contribution in [1.29, 1.82) is 0 Å². The number of carbonyl (C=O) groups excluding carboxylic acids is 2. The standard InChI is InChI=1S/C23H25ClN4O2/c1-17(2)15-27(23(30)14-24)16-22(29)25-21-13-20(18-9-5-3-6-10-18)26-28(21)19-11-7-4-8-12-19/h3-13,17H,14-16H2,1-2H3,(H,25,29). The SMILES string of the molecule is CC(C)CN(CC(=O)Nc1cc(-c2ccccc2)nn1-c1ccccc1)C(=O)CCl. The number of alkyl halides is 1. The van der Waals surface area contributed by atoms with Gasteiger partial charge in [0, 0.05) is 18.2 Å². The minimum absolute atomic E-state index is 0.0651. The molecule has 0 atom stereocenters. The molecule has 0 fully saturated rings. The van der Waals surface area contributed by atoms with E-state index in [1.54, 1.807) is 4.68 Å². The van der Waals surface area contributed by atoms with Crippen LogP contribution in [0.3, 0.4) is 0 Å². The van der Waals surface area contributed by atoms with Crippen molar-refractivity contribution < 1.29 is 9.59 Å². The fourth-order valence-electron chi connectivity index (χ4n) is 3.12. The lowest BCUT2D eigenvalue weighted by Gasteiger charge is -2.23. The summed E-state index contributed by atoms with van der Waals surface area (Å²) in [7, 11) is 0. The predicted molar refractivity (Wildman–Crippen MR) is 120 cm³/mol. The molecule has 0 saturated carbocycles. The van der Waals surface area contributed by atoms with Crippen molar-refractivity contribution in [2.24, 2.45) is 5.92 Å².